The predicted octanol–water partition coefficient (Wildman–Crippen LogP) is 3.98. The van der Waals surface area contributed by atoms with Crippen molar-refractivity contribution in [2.24, 2.45) is 11.8 Å². The van der Waals surface area contributed by atoms with E-state index in [0.717, 1.165) is 31.4 Å². The lowest BCUT2D eigenvalue weighted by Crippen LogP contribution is -2.57. The average molecular weight is 456 g/mol. The van der Waals surface area contributed by atoms with Gasteiger partial charge in [0, 0.05) is 38.2 Å². The molecule has 3 rings (SSSR count). The Bertz CT molecular complexity index is 773. The van der Waals surface area contributed by atoms with E-state index in [2.05, 4.69) is 10.2 Å². The Morgan fingerprint density at radius 1 is 1.07 bits per heavy atom. The number of ether oxygens (including phenoxy) is 1. The van der Waals surface area contributed by atoms with Crippen LogP contribution in [0.15, 0.2) is 12.1 Å². The van der Waals surface area contributed by atoms with Gasteiger partial charge < -0.3 is 19.9 Å². The molecule has 6 nitrogen and oxygen atoms in total. The molecule has 2 fully saturated rings. The summed E-state index contributed by atoms with van der Waals surface area (Å²) < 4.78 is 5.31. The standard InChI is InChI=1S/C22H31Cl2N3O3/c1-14(2)20(25-21(28)15-6-4-5-7-15)22(29)27-10-8-26(9-11-27)18-13-19(30-3)17(24)12-16(18)23/h12-15,20H,4-11H2,1-3H3,(H,25,28)/t20-/m1/s1. The molecule has 1 atom stereocenters. The molecule has 0 radical (unpaired) electrons. The molecule has 1 saturated carbocycles. The zero-order valence-electron chi connectivity index (χ0n) is 17.9. The smallest absolute Gasteiger partial charge is 0.245 e. The Labute approximate surface area is 188 Å². The summed E-state index contributed by atoms with van der Waals surface area (Å²) in [6.07, 6.45) is 4.04. The molecule has 8 heteroatoms. The molecular formula is C22H31Cl2N3O3. The summed E-state index contributed by atoms with van der Waals surface area (Å²) in [5, 5.41) is 4.06. The SMILES string of the molecule is COc1cc(N2CCN(C(=O)[C@H](NC(=O)C3CCCC3)C(C)C)CC2)c(Cl)cc1Cl. The molecule has 0 bridgehead atoms. The van der Waals surface area contributed by atoms with Crippen molar-refractivity contribution in [1.29, 1.82) is 0 Å². The van der Waals surface area contributed by atoms with Gasteiger partial charge in [-0.25, -0.2) is 0 Å². The summed E-state index contributed by atoms with van der Waals surface area (Å²) in [7, 11) is 1.57. The highest BCUT2D eigenvalue weighted by Crippen LogP contribution is 2.36. The van der Waals surface area contributed by atoms with Gasteiger partial charge in [-0.1, -0.05) is 49.9 Å². The Hall–Kier alpha value is -1.66. The van der Waals surface area contributed by atoms with Crippen LogP contribution in [0.2, 0.25) is 10.0 Å². The number of halogens is 2. The van der Waals surface area contributed by atoms with E-state index < -0.39 is 6.04 Å². The number of amides is 2. The van der Waals surface area contributed by atoms with Crippen molar-refractivity contribution in [3.63, 3.8) is 0 Å². The highest BCUT2D eigenvalue weighted by atomic mass is 35.5. The van der Waals surface area contributed by atoms with E-state index in [1.807, 2.05) is 24.8 Å². The number of methoxy groups -OCH3 is 1. The highest BCUT2D eigenvalue weighted by Gasteiger charge is 2.33. The number of rotatable bonds is 6. The molecule has 2 amide bonds. The van der Waals surface area contributed by atoms with Crippen molar-refractivity contribution < 1.29 is 14.3 Å². The molecular weight excluding hydrogens is 425 g/mol. The fourth-order valence-corrected chi connectivity index (χ4v) is 4.83. The quantitative estimate of drug-likeness (QED) is 0.704. The second-order valence-corrected chi connectivity index (χ2v) is 9.28. The molecule has 0 unspecified atom stereocenters. The number of hydrogen-bond donors (Lipinski definition) is 1. The molecule has 1 saturated heterocycles. The van der Waals surface area contributed by atoms with E-state index >= 15 is 0 Å². The van der Waals surface area contributed by atoms with Gasteiger partial charge in [-0.2, -0.15) is 0 Å². The van der Waals surface area contributed by atoms with Gasteiger partial charge in [-0.05, 0) is 24.8 Å². The maximum atomic E-state index is 13.2. The number of benzene rings is 1. The number of nitrogens with zero attached hydrogens (tertiary/aromatic N) is 2. The van der Waals surface area contributed by atoms with Crippen LogP contribution in [0.5, 0.6) is 5.75 Å². The Balaban J connectivity index is 1.63. The van der Waals surface area contributed by atoms with Gasteiger partial charge in [-0.3, -0.25) is 9.59 Å². The molecule has 1 aliphatic carbocycles. The third-order valence-electron chi connectivity index (χ3n) is 6.11. The first-order valence-corrected chi connectivity index (χ1v) is 11.4. The van der Waals surface area contributed by atoms with Gasteiger partial charge in [0.2, 0.25) is 11.8 Å². The van der Waals surface area contributed by atoms with Crippen molar-refractivity contribution in [2.75, 3.05) is 38.2 Å². The van der Waals surface area contributed by atoms with Crippen molar-refractivity contribution in [2.45, 2.75) is 45.6 Å². The molecule has 1 aromatic carbocycles. The summed E-state index contributed by atoms with van der Waals surface area (Å²) in [6.45, 7) is 6.40. The van der Waals surface area contributed by atoms with Gasteiger partial charge in [0.15, 0.2) is 0 Å². The molecule has 0 aromatic heterocycles. The first kappa shape index (κ1) is 23.0. The summed E-state index contributed by atoms with van der Waals surface area (Å²) in [5.74, 6) is 0.687. The second kappa shape index (κ2) is 10.1. The van der Waals surface area contributed by atoms with Gasteiger partial charge in [0.05, 0.1) is 22.8 Å². The van der Waals surface area contributed by atoms with Crippen molar-refractivity contribution in [3.05, 3.63) is 22.2 Å². The lowest BCUT2D eigenvalue weighted by Gasteiger charge is -2.38. The molecule has 0 spiro atoms. The third-order valence-corrected chi connectivity index (χ3v) is 6.71. The predicted molar refractivity (Wildman–Crippen MR) is 121 cm³/mol. The summed E-state index contributed by atoms with van der Waals surface area (Å²) in [5.41, 5.74) is 0.847. The lowest BCUT2D eigenvalue weighted by atomic mass is 10.00. The maximum Gasteiger partial charge on any atom is 0.245 e. The van der Waals surface area contributed by atoms with Crippen LogP contribution < -0.4 is 15.0 Å². The van der Waals surface area contributed by atoms with Gasteiger partial charge in [0.25, 0.3) is 0 Å². The van der Waals surface area contributed by atoms with Crippen molar-refractivity contribution in [1.82, 2.24) is 10.2 Å². The molecule has 1 aromatic rings. The maximum absolute atomic E-state index is 13.2. The van der Waals surface area contributed by atoms with Crippen LogP contribution in [-0.2, 0) is 9.59 Å². The highest BCUT2D eigenvalue weighted by molar-refractivity contribution is 6.37. The molecule has 166 valence electrons. The number of hydrogen-bond acceptors (Lipinski definition) is 4. The molecule has 1 aliphatic heterocycles. The van der Waals surface area contributed by atoms with E-state index in [1.165, 1.54) is 0 Å². The topological polar surface area (TPSA) is 61.9 Å². The molecule has 30 heavy (non-hydrogen) atoms. The van der Waals surface area contributed by atoms with E-state index in [9.17, 15) is 9.59 Å². The third kappa shape index (κ3) is 5.14. The van der Waals surface area contributed by atoms with Crippen molar-refractivity contribution >= 4 is 40.7 Å². The number of carbonyl (C=O) groups is 2. The Morgan fingerprint density at radius 2 is 1.70 bits per heavy atom. The van der Waals surface area contributed by atoms with Crippen LogP contribution in [-0.4, -0.2) is 56.0 Å². The number of piperazine rings is 1. The zero-order valence-corrected chi connectivity index (χ0v) is 19.4. The number of carbonyl (C=O) groups excluding carboxylic acids is 2. The minimum atomic E-state index is -0.483. The summed E-state index contributed by atoms with van der Waals surface area (Å²) in [6, 6.07) is 3.03. The molecule has 1 heterocycles. The average Bonchev–Trinajstić information content (AvgIpc) is 3.26. The van der Waals surface area contributed by atoms with E-state index in [1.54, 1.807) is 13.2 Å². The number of anilines is 1. The fraction of sp³-hybridized carbons (Fsp3) is 0.636. The Kier molecular flexibility index (Phi) is 7.75. The van der Waals surface area contributed by atoms with Crippen LogP contribution in [0.4, 0.5) is 5.69 Å². The fourth-order valence-electron chi connectivity index (χ4n) is 4.25. The largest absolute Gasteiger partial charge is 0.495 e. The number of nitrogens with one attached hydrogen (secondary N) is 1. The Morgan fingerprint density at radius 3 is 2.27 bits per heavy atom. The van der Waals surface area contributed by atoms with Gasteiger partial charge in [-0.15, -0.1) is 0 Å². The van der Waals surface area contributed by atoms with Gasteiger partial charge in [0.1, 0.15) is 11.8 Å². The van der Waals surface area contributed by atoms with Crippen LogP contribution in [0.3, 0.4) is 0 Å². The van der Waals surface area contributed by atoms with Crippen LogP contribution in [0.25, 0.3) is 0 Å². The summed E-state index contributed by atoms with van der Waals surface area (Å²) in [4.78, 5) is 29.7. The molecule has 1 N–H and O–H groups in total. The zero-order chi connectivity index (χ0) is 21.8. The van der Waals surface area contributed by atoms with E-state index in [0.29, 0.717) is 42.0 Å². The minimum absolute atomic E-state index is 0.00391. The van der Waals surface area contributed by atoms with Crippen LogP contribution in [0, 0.1) is 11.8 Å². The summed E-state index contributed by atoms with van der Waals surface area (Å²) >= 11 is 12.5. The van der Waals surface area contributed by atoms with E-state index in [4.69, 9.17) is 27.9 Å². The van der Waals surface area contributed by atoms with Crippen LogP contribution in [0.1, 0.15) is 39.5 Å². The monoisotopic (exact) mass is 455 g/mol. The van der Waals surface area contributed by atoms with Crippen LogP contribution >= 0.6 is 23.2 Å². The molecule has 2 aliphatic rings. The van der Waals surface area contributed by atoms with Gasteiger partial charge >= 0.3 is 0 Å². The lowest BCUT2D eigenvalue weighted by molar-refractivity contribution is -0.138. The first-order valence-electron chi connectivity index (χ1n) is 10.7. The minimum Gasteiger partial charge on any atom is -0.495 e. The normalized spacial score (nSPS) is 18.6. The van der Waals surface area contributed by atoms with E-state index in [-0.39, 0.29) is 23.7 Å². The van der Waals surface area contributed by atoms with Crippen molar-refractivity contribution in [3.8, 4) is 5.75 Å². The first-order chi connectivity index (χ1) is 14.3. The second-order valence-electron chi connectivity index (χ2n) is 8.46.